The molecule has 5 nitrogen and oxygen atoms in total. The van der Waals surface area contributed by atoms with E-state index in [1.54, 1.807) is 0 Å². The molecule has 2 rings (SSSR count). The van der Waals surface area contributed by atoms with Gasteiger partial charge in [-0.1, -0.05) is 26.0 Å². The van der Waals surface area contributed by atoms with Crippen LogP contribution in [0.1, 0.15) is 46.1 Å². The highest BCUT2D eigenvalue weighted by atomic mass is 16.5. The second kappa shape index (κ2) is 9.66. The topological polar surface area (TPSA) is 53.6 Å². The van der Waals surface area contributed by atoms with Crippen LogP contribution in [0.4, 0.5) is 4.79 Å². The zero-order chi connectivity index (χ0) is 18.2. The number of urea groups is 1. The Kier molecular flexibility index (Phi) is 7.56. The normalized spacial score (nSPS) is 16.2. The SMILES string of the molecule is CC(C)CN1CCC(NC(=O)NCc2cccc(OC(C)C)c2)CC1. The van der Waals surface area contributed by atoms with Crippen LogP contribution in [-0.4, -0.2) is 42.7 Å². The van der Waals surface area contributed by atoms with Gasteiger partial charge in [-0.2, -0.15) is 0 Å². The molecule has 2 N–H and O–H groups in total. The van der Waals surface area contributed by atoms with Crippen LogP contribution >= 0.6 is 0 Å². The smallest absolute Gasteiger partial charge is 0.315 e. The minimum absolute atomic E-state index is 0.0857. The van der Waals surface area contributed by atoms with Gasteiger partial charge in [-0.3, -0.25) is 0 Å². The molecule has 1 heterocycles. The van der Waals surface area contributed by atoms with Crippen molar-refractivity contribution in [1.29, 1.82) is 0 Å². The van der Waals surface area contributed by atoms with Crippen molar-refractivity contribution in [2.75, 3.05) is 19.6 Å². The van der Waals surface area contributed by atoms with Crippen LogP contribution in [0.15, 0.2) is 24.3 Å². The first-order chi connectivity index (χ1) is 11.9. The first kappa shape index (κ1) is 19.6. The molecule has 1 aromatic rings. The third-order valence-electron chi connectivity index (χ3n) is 4.27. The summed E-state index contributed by atoms with van der Waals surface area (Å²) in [5.41, 5.74) is 1.04. The number of carbonyl (C=O) groups excluding carboxylic acids is 1. The summed E-state index contributed by atoms with van der Waals surface area (Å²) in [5, 5.41) is 6.05. The average Bonchev–Trinajstić information content (AvgIpc) is 2.54. The molecule has 0 spiro atoms. The largest absolute Gasteiger partial charge is 0.491 e. The van der Waals surface area contributed by atoms with E-state index >= 15 is 0 Å². The predicted octanol–water partition coefficient (Wildman–Crippen LogP) is 3.39. The second-order valence-corrected chi connectivity index (χ2v) is 7.61. The zero-order valence-corrected chi connectivity index (χ0v) is 16.0. The number of amides is 2. The molecule has 0 unspecified atom stereocenters. The Morgan fingerprint density at radius 2 is 1.96 bits per heavy atom. The Labute approximate surface area is 152 Å². The number of hydrogen-bond acceptors (Lipinski definition) is 3. The van der Waals surface area contributed by atoms with E-state index in [1.807, 2.05) is 38.1 Å². The van der Waals surface area contributed by atoms with Gasteiger partial charge in [0.05, 0.1) is 6.10 Å². The van der Waals surface area contributed by atoms with Gasteiger partial charge in [0.1, 0.15) is 5.75 Å². The van der Waals surface area contributed by atoms with Crippen LogP contribution in [0.2, 0.25) is 0 Å². The number of hydrogen-bond donors (Lipinski definition) is 2. The lowest BCUT2D eigenvalue weighted by molar-refractivity contribution is 0.178. The van der Waals surface area contributed by atoms with E-state index in [2.05, 4.69) is 29.4 Å². The molecule has 0 saturated carbocycles. The summed E-state index contributed by atoms with van der Waals surface area (Å²) in [6, 6.07) is 8.06. The van der Waals surface area contributed by atoms with Gasteiger partial charge in [-0.05, 0) is 50.3 Å². The van der Waals surface area contributed by atoms with Gasteiger partial charge in [0.2, 0.25) is 0 Å². The summed E-state index contributed by atoms with van der Waals surface area (Å²) < 4.78 is 5.69. The number of likely N-dealkylation sites (tertiary alicyclic amines) is 1. The first-order valence-electron chi connectivity index (χ1n) is 9.44. The van der Waals surface area contributed by atoms with Gasteiger partial charge in [-0.15, -0.1) is 0 Å². The molecule has 0 bridgehead atoms. The van der Waals surface area contributed by atoms with Crippen molar-refractivity contribution < 1.29 is 9.53 Å². The van der Waals surface area contributed by atoms with Crippen LogP contribution in [-0.2, 0) is 6.54 Å². The third-order valence-corrected chi connectivity index (χ3v) is 4.27. The van der Waals surface area contributed by atoms with Crippen molar-refractivity contribution >= 4 is 6.03 Å². The van der Waals surface area contributed by atoms with Crippen molar-refractivity contribution in [2.24, 2.45) is 5.92 Å². The summed E-state index contributed by atoms with van der Waals surface area (Å²) in [6.07, 6.45) is 2.20. The highest BCUT2D eigenvalue weighted by Crippen LogP contribution is 2.15. The van der Waals surface area contributed by atoms with Crippen LogP contribution in [0.3, 0.4) is 0 Å². The Bertz CT molecular complexity index is 537. The minimum atomic E-state index is -0.0857. The van der Waals surface area contributed by atoms with E-state index in [-0.39, 0.29) is 18.2 Å². The molecule has 2 amide bonds. The minimum Gasteiger partial charge on any atom is -0.491 e. The highest BCUT2D eigenvalue weighted by molar-refractivity contribution is 5.74. The number of carbonyl (C=O) groups is 1. The maximum absolute atomic E-state index is 12.1. The lowest BCUT2D eigenvalue weighted by Crippen LogP contribution is -2.48. The van der Waals surface area contributed by atoms with E-state index in [9.17, 15) is 4.79 Å². The van der Waals surface area contributed by atoms with Gasteiger partial charge in [0.25, 0.3) is 0 Å². The number of nitrogens with zero attached hydrogens (tertiary/aromatic N) is 1. The molecular formula is C20H33N3O2. The average molecular weight is 348 g/mol. The lowest BCUT2D eigenvalue weighted by Gasteiger charge is -2.33. The van der Waals surface area contributed by atoms with E-state index in [0.717, 1.165) is 43.8 Å². The zero-order valence-electron chi connectivity index (χ0n) is 16.0. The van der Waals surface area contributed by atoms with Crippen molar-refractivity contribution in [2.45, 2.75) is 59.2 Å². The number of ether oxygens (including phenoxy) is 1. The van der Waals surface area contributed by atoms with Crippen molar-refractivity contribution in [1.82, 2.24) is 15.5 Å². The van der Waals surface area contributed by atoms with Crippen LogP contribution in [0.25, 0.3) is 0 Å². The molecule has 5 heteroatoms. The number of benzene rings is 1. The van der Waals surface area contributed by atoms with E-state index in [4.69, 9.17) is 4.74 Å². The lowest BCUT2D eigenvalue weighted by atomic mass is 10.0. The molecular weight excluding hydrogens is 314 g/mol. The Balaban J connectivity index is 1.71. The fourth-order valence-corrected chi connectivity index (χ4v) is 3.20. The summed E-state index contributed by atoms with van der Waals surface area (Å²) >= 11 is 0. The standard InChI is InChI=1S/C20H33N3O2/c1-15(2)14-23-10-8-18(9-11-23)22-20(24)21-13-17-6-5-7-19(12-17)25-16(3)4/h5-7,12,15-16,18H,8-11,13-14H2,1-4H3,(H2,21,22,24). The number of piperidine rings is 1. The molecule has 1 fully saturated rings. The quantitative estimate of drug-likeness (QED) is 0.795. The highest BCUT2D eigenvalue weighted by Gasteiger charge is 2.20. The molecule has 0 aromatic heterocycles. The van der Waals surface area contributed by atoms with Gasteiger partial charge in [-0.25, -0.2) is 4.79 Å². The summed E-state index contributed by atoms with van der Waals surface area (Å²) in [4.78, 5) is 14.6. The molecule has 0 aliphatic carbocycles. The predicted molar refractivity (Wildman–Crippen MR) is 102 cm³/mol. The van der Waals surface area contributed by atoms with Gasteiger partial charge >= 0.3 is 6.03 Å². The molecule has 1 aromatic carbocycles. The molecule has 0 radical (unpaired) electrons. The summed E-state index contributed by atoms with van der Waals surface area (Å²) in [5.74, 6) is 1.54. The van der Waals surface area contributed by atoms with Crippen LogP contribution in [0.5, 0.6) is 5.75 Å². The van der Waals surface area contributed by atoms with E-state index in [0.29, 0.717) is 12.5 Å². The molecule has 0 atom stereocenters. The van der Waals surface area contributed by atoms with Gasteiger partial charge < -0.3 is 20.3 Å². The van der Waals surface area contributed by atoms with E-state index in [1.165, 1.54) is 0 Å². The fraction of sp³-hybridized carbons (Fsp3) is 0.650. The molecule has 1 aliphatic heterocycles. The van der Waals surface area contributed by atoms with Crippen LogP contribution in [0, 0.1) is 5.92 Å². The first-order valence-corrected chi connectivity index (χ1v) is 9.44. The Morgan fingerprint density at radius 1 is 1.24 bits per heavy atom. The summed E-state index contributed by atoms with van der Waals surface area (Å²) in [6.45, 7) is 12.3. The molecule has 140 valence electrons. The molecule has 1 aliphatic rings. The van der Waals surface area contributed by atoms with Crippen LogP contribution < -0.4 is 15.4 Å². The monoisotopic (exact) mass is 347 g/mol. The van der Waals surface area contributed by atoms with Crippen molar-refractivity contribution in [3.63, 3.8) is 0 Å². The fourth-order valence-electron chi connectivity index (χ4n) is 3.20. The second-order valence-electron chi connectivity index (χ2n) is 7.61. The Hall–Kier alpha value is -1.75. The number of nitrogens with one attached hydrogen (secondary N) is 2. The maximum atomic E-state index is 12.1. The van der Waals surface area contributed by atoms with E-state index < -0.39 is 0 Å². The van der Waals surface area contributed by atoms with Gasteiger partial charge in [0, 0.05) is 32.2 Å². The molecule has 1 saturated heterocycles. The molecule has 25 heavy (non-hydrogen) atoms. The van der Waals surface area contributed by atoms with Crippen molar-refractivity contribution in [3.8, 4) is 5.75 Å². The third kappa shape index (κ3) is 7.34. The maximum Gasteiger partial charge on any atom is 0.315 e. The van der Waals surface area contributed by atoms with Crippen molar-refractivity contribution in [3.05, 3.63) is 29.8 Å². The number of rotatable bonds is 7. The summed E-state index contributed by atoms with van der Waals surface area (Å²) in [7, 11) is 0. The Morgan fingerprint density at radius 3 is 2.60 bits per heavy atom. The van der Waals surface area contributed by atoms with Gasteiger partial charge in [0.15, 0.2) is 0 Å².